The van der Waals surface area contributed by atoms with Crippen LogP contribution in [0.15, 0.2) is 31.4 Å². The van der Waals surface area contributed by atoms with Crippen molar-refractivity contribution in [2.24, 2.45) is 0 Å². The third kappa shape index (κ3) is 1.44. The molecule has 0 N–H and O–H groups in total. The van der Waals surface area contributed by atoms with Crippen LogP contribution in [0.2, 0.25) is 0 Å². The zero-order chi connectivity index (χ0) is 9.26. The minimum Gasteiger partial charge on any atom is -0.0984 e. The van der Waals surface area contributed by atoms with Crippen molar-refractivity contribution >= 4 is 6.08 Å². The van der Waals surface area contributed by atoms with Crippen LogP contribution in [-0.2, 0) is 0 Å². The zero-order valence-corrected chi connectivity index (χ0v) is 7.72. The van der Waals surface area contributed by atoms with Gasteiger partial charge in [-0.15, -0.1) is 0 Å². The van der Waals surface area contributed by atoms with E-state index in [4.69, 9.17) is 0 Å². The fourth-order valence-corrected chi connectivity index (χ4v) is 1.72. The lowest BCUT2D eigenvalue weighted by molar-refractivity contribution is 1.12. The average Bonchev–Trinajstić information content (AvgIpc) is 2.99. The Kier molecular flexibility index (Phi) is 2.05. The predicted octanol–water partition coefficient (Wildman–Crippen LogP) is 3.54. The maximum Gasteiger partial charge on any atom is -0.0109 e. The molecule has 1 fully saturated rings. The van der Waals surface area contributed by atoms with E-state index in [-0.39, 0.29) is 0 Å². The van der Waals surface area contributed by atoms with Crippen LogP contribution in [0.4, 0.5) is 0 Å². The second-order valence-electron chi connectivity index (χ2n) is 3.46. The summed E-state index contributed by atoms with van der Waals surface area (Å²) in [4.78, 5) is 0. The molecule has 0 heterocycles. The Morgan fingerprint density at radius 3 is 2.69 bits per heavy atom. The van der Waals surface area contributed by atoms with Crippen molar-refractivity contribution in [1.82, 2.24) is 0 Å². The molecule has 0 atom stereocenters. The van der Waals surface area contributed by atoms with Gasteiger partial charge in [-0.2, -0.15) is 0 Å². The Bertz CT molecular complexity index is 343. The van der Waals surface area contributed by atoms with Gasteiger partial charge in [0.25, 0.3) is 0 Å². The highest BCUT2D eigenvalue weighted by molar-refractivity contribution is 5.59. The van der Waals surface area contributed by atoms with Crippen LogP contribution in [0, 0.1) is 6.08 Å². The van der Waals surface area contributed by atoms with Crippen LogP contribution in [0.25, 0.3) is 6.08 Å². The van der Waals surface area contributed by atoms with Crippen molar-refractivity contribution in [3.63, 3.8) is 0 Å². The van der Waals surface area contributed by atoms with Crippen molar-refractivity contribution < 1.29 is 0 Å². The quantitative estimate of drug-likeness (QED) is 0.649. The molecule has 0 aliphatic heterocycles. The number of hydrogen-bond acceptors (Lipinski definition) is 0. The molecule has 1 saturated carbocycles. The summed E-state index contributed by atoms with van der Waals surface area (Å²) in [5.74, 6) is 0.765. The molecule has 1 aromatic rings. The molecule has 0 nitrogen and oxygen atoms in total. The van der Waals surface area contributed by atoms with Crippen LogP contribution >= 0.6 is 0 Å². The van der Waals surface area contributed by atoms with Crippen LogP contribution in [0.5, 0.6) is 0 Å². The Morgan fingerprint density at radius 2 is 2.15 bits per heavy atom. The maximum absolute atomic E-state index is 3.84. The maximum atomic E-state index is 3.84. The van der Waals surface area contributed by atoms with Gasteiger partial charge in [0.2, 0.25) is 0 Å². The predicted molar refractivity (Wildman–Crippen MR) is 56.5 cm³/mol. The monoisotopic (exact) mass is 169 g/mol. The van der Waals surface area contributed by atoms with E-state index in [9.17, 15) is 0 Å². The van der Waals surface area contributed by atoms with Crippen LogP contribution in [0.1, 0.15) is 35.4 Å². The fourth-order valence-electron chi connectivity index (χ4n) is 1.72. The van der Waals surface area contributed by atoms with Crippen LogP contribution < -0.4 is 0 Å². The summed E-state index contributed by atoms with van der Waals surface area (Å²) in [7, 11) is 0. The van der Waals surface area contributed by atoms with Crippen LogP contribution in [-0.4, -0.2) is 0 Å². The molecule has 0 aromatic heterocycles. The highest BCUT2D eigenvalue weighted by atomic mass is 14.3. The molecule has 0 amide bonds. The van der Waals surface area contributed by atoms with Gasteiger partial charge in [0.15, 0.2) is 0 Å². The van der Waals surface area contributed by atoms with Gasteiger partial charge in [0, 0.05) is 0 Å². The van der Waals surface area contributed by atoms with E-state index in [0.29, 0.717) is 0 Å². The average molecular weight is 169 g/mol. The molecule has 1 aromatic carbocycles. The van der Waals surface area contributed by atoms with E-state index >= 15 is 0 Å². The number of hydrogen-bond donors (Lipinski definition) is 0. The summed E-state index contributed by atoms with van der Waals surface area (Å²) in [5.41, 5.74) is 3.73. The summed E-state index contributed by atoms with van der Waals surface area (Å²) in [5, 5.41) is 0. The van der Waals surface area contributed by atoms with Gasteiger partial charge in [-0.05, 0) is 41.5 Å². The van der Waals surface area contributed by atoms with Gasteiger partial charge in [-0.25, -0.2) is 0 Å². The summed E-state index contributed by atoms with van der Waals surface area (Å²) >= 11 is 0. The molecule has 0 bridgehead atoms. The lowest BCUT2D eigenvalue weighted by atomic mass is 9.98. The Hall–Kier alpha value is -1.30. The second kappa shape index (κ2) is 3.21. The van der Waals surface area contributed by atoms with Crippen molar-refractivity contribution in [3.8, 4) is 0 Å². The van der Waals surface area contributed by atoms with Crippen molar-refractivity contribution in [2.75, 3.05) is 0 Å². The van der Waals surface area contributed by atoms with E-state index in [1.807, 2.05) is 12.1 Å². The molecule has 1 aliphatic rings. The molecule has 0 unspecified atom stereocenters. The Morgan fingerprint density at radius 1 is 1.38 bits per heavy atom. The van der Waals surface area contributed by atoms with E-state index in [2.05, 4.69) is 31.4 Å². The highest BCUT2D eigenvalue weighted by Gasteiger charge is 2.25. The largest absolute Gasteiger partial charge is 0.0984 e. The Labute approximate surface area is 79.6 Å². The first kappa shape index (κ1) is 8.31. The van der Waals surface area contributed by atoms with Gasteiger partial charge in [-0.3, -0.25) is 0 Å². The van der Waals surface area contributed by atoms with Gasteiger partial charge in [-0.1, -0.05) is 37.4 Å². The van der Waals surface area contributed by atoms with E-state index in [1.165, 1.54) is 24.0 Å². The number of benzene rings is 1. The molecule has 0 heteroatoms. The van der Waals surface area contributed by atoms with Gasteiger partial charge in [0.05, 0.1) is 0 Å². The lowest BCUT2D eigenvalue weighted by Crippen LogP contribution is -1.89. The van der Waals surface area contributed by atoms with Crippen molar-refractivity contribution in [1.29, 1.82) is 0 Å². The molecular weight excluding hydrogens is 156 g/mol. The standard InChI is InChI=1S/C13H13/c1-3-10-6-5-7-13(11-8-9-11)12(10)4-2/h4-7,11H,1-2,8-9H2. The molecule has 0 saturated heterocycles. The molecule has 65 valence electrons. The smallest absolute Gasteiger partial charge is 0.0109 e. The molecule has 0 spiro atoms. The topological polar surface area (TPSA) is 0 Å². The third-order valence-electron chi connectivity index (χ3n) is 2.55. The first-order valence-electron chi connectivity index (χ1n) is 4.65. The van der Waals surface area contributed by atoms with Crippen molar-refractivity contribution in [3.05, 3.63) is 54.1 Å². The molecule has 1 radical (unpaired) electrons. The van der Waals surface area contributed by atoms with Gasteiger partial charge in [0.1, 0.15) is 0 Å². The van der Waals surface area contributed by atoms with Gasteiger partial charge >= 0.3 is 0 Å². The summed E-state index contributed by atoms with van der Waals surface area (Å²) in [6.45, 7) is 7.53. The fraction of sp³-hybridized carbons (Fsp3) is 0.231. The zero-order valence-electron chi connectivity index (χ0n) is 7.72. The summed E-state index contributed by atoms with van der Waals surface area (Å²) in [6, 6.07) is 6.31. The minimum atomic E-state index is 0.765. The second-order valence-corrected chi connectivity index (χ2v) is 3.46. The molecule has 1 aliphatic carbocycles. The number of rotatable bonds is 3. The SMILES string of the molecule is C=[C]c1cccc(C2CC2)c1C=C. The normalized spacial score (nSPS) is 15.4. The first-order chi connectivity index (χ1) is 6.36. The molecule has 2 rings (SSSR count). The van der Waals surface area contributed by atoms with Crippen molar-refractivity contribution in [2.45, 2.75) is 18.8 Å². The summed E-state index contributed by atoms with van der Waals surface area (Å²) in [6.07, 6.45) is 7.51. The highest BCUT2D eigenvalue weighted by Crippen LogP contribution is 2.42. The van der Waals surface area contributed by atoms with E-state index in [1.54, 1.807) is 0 Å². The van der Waals surface area contributed by atoms with E-state index < -0.39 is 0 Å². The molecular formula is C13H13. The third-order valence-corrected chi connectivity index (χ3v) is 2.55. The Balaban J connectivity index is 2.53. The minimum absolute atomic E-state index is 0.765. The van der Waals surface area contributed by atoms with E-state index in [0.717, 1.165) is 11.5 Å². The van der Waals surface area contributed by atoms with Gasteiger partial charge < -0.3 is 0 Å². The lowest BCUT2D eigenvalue weighted by Gasteiger charge is -2.07. The molecule has 13 heavy (non-hydrogen) atoms. The summed E-state index contributed by atoms with van der Waals surface area (Å²) < 4.78 is 0. The van der Waals surface area contributed by atoms with Crippen LogP contribution in [0.3, 0.4) is 0 Å². The first-order valence-corrected chi connectivity index (χ1v) is 4.65.